The second-order valence-electron chi connectivity index (χ2n) is 7.16. The van der Waals surface area contributed by atoms with Crippen molar-refractivity contribution in [2.75, 3.05) is 13.1 Å². The quantitative estimate of drug-likeness (QED) is 0.424. The molecule has 0 saturated carbocycles. The summed E-state index contributed by atoms with van der Waals surface area (Å²) in [5.74, 6) is -1.40. The molecule has 1 saturated heterocycles. The topological polar surface area (TPSA) is 27.0 Å². The average molecular weight is 441 g/mol. The van der Waals surface area contributed by atoms with Gasteiger partial charge in [0.05, 0.1) is 17.7 Å². The van der Waals surface area contributed by atoms with Crippen molar-refractivity contribution in [2.24, 2.45) is 0 Å². The van der Waals surface area contributed by atoms with E-state index in [4.69, 9.17) is 23.2 Å². The van der Waals surface area contributed by atoms with Gasteiger partial charge in [-0.05, 0) is 58.7 Å². The van der Waals surface area contributed by atoms with Crippen LogP contribution in [0.15, 0.2) is 72.3 Å². The Kier molecular flexibility index (Phi) is 5.87. The van der Waals surface area contributed by atoms with E-state index in [2.05, 4.69) is 11.0 Å². The summed E-state index contributed by atoms with van der Waals surface area (Å²) in [6.45, 7) is 1.02. The fourth-order valence-electron chi connectivity index (χ4n) is 3.73. The van der Waals surface area contributed by atoms with Gasteiger partial charge in [-0.1, -0.05) is 47.5 Å². The lowest BCUT2D eigenvalue weighted by molar-refractivity contribution is 0.203. The second-order valence-corrected chi connectivity index (χ2v) is 8.03. The molecule has 0 amide bonds. The Hall–Kier alpha value is -2.71. The van der Waals surface area contributed by atoms with E-state index in [1.807, 2.05) is 48.5 Å². The molecule has 0 atom stereocenters. The molecule has 0 N–H and O–H groups in total. The zero-order valence-electron chi connectivity index (χ0n) is 15.7. The maximum atomic E-state index is 13.6. The van der Waals surface area contributed by atoms with Gasteiger partial charge in [0.2, 0.25) is 0 Å². The highest BCUT2D eigenvalue weighted by Crippen LogP contribution is 2.37. The van der Waals surface area contributed by atoms with Crippen molar-refractivity contribution < 1.29 is 8.78 Å². The predicted octanol–water partition coefficient (Wildman–Crippen LogP) is 6.65. The van der Waals surface area contributed by atoms with E-state index >= 15 is 0 Å². The summed E-state index contributed by atoms with van der Waals surface area (Å²) in [4.78, 5) is 2.19. The molecule has 3 aromatic rings. The zero-order chi connectivity index (χ0) is 21.3. The molecule has 2 nitrogen and oxygen atoms in total. The normalized spacial score (nSPS) is 13.8. The van der Waals surface area contributed by atoms with Crippen molar-refractivity contribution in [1.29, 1.82) is 5.26 Å². The molecule has 0 bridgehead atoms. The van der Waals surface area contributed by atoms with Crippen LogP contribution >= 0.6 is 23.2 Å². The minimum absolute atomic E-state index is 0.0625. The summed E-state index contributed by atoms with van der Waals surface area (Å²) in [7, 11) is 0. The highest BCUT2D eigenvalue weighted by atomic mass is 35.5. The number of hydrogen-bond acceptors (Lipinski definition) is 2. The monoisotopic (exact) mass is 440 g/mol. The van der Waals surface area contributed by atoms with Crippen LogP contribution in [0.25, 0.3) is 5.57 Å². The number of nitriles is 1. The van der Waals surface area contributed by atoms with Crippen molar-refractivity contribution in [1.82, 2.24) is 4.90 Å². The molecule has 1 fully saturated rings. The molecule has 1 heterocycles. The van der Waals surface area contributed by atoms with Gasteiger partial charge in [-0.25, -0.2) is 8.78 Å². The van der Waals surface area contributed by atoms with Gasteiger partial charge in [0.1, 0.15) is 11.6 Å². The lowest BCUT2D eigenvalue weighted by Gasteiger charge is -2.41. The molecule has 30 heavy (non-hydrogen) atoms. The van der Waals surface area contributed by atoms with Crippen LogP contribution in [0.4, 0.5) is 8.78 Å². The van der Waals surface area contributed by atoms with E-state index in [1.54, 1.807) is 0 Å². The lowest BCUT2D eigenvalue weighted by Crippen LogP contribution is -2.43. The largest absolute Gasteiger partial charge is 0.284 e. The van der Waals surface area contributed by atoms with Gasteiger partial charge in [-0.3, -0.25) is 4.90 Å². The Bertz CT molecular complexity index is 1080. The molecule has 150 valence electrons. The maximum absolute atomic E-state index is 13.6. The van der Waals surface area contributed by atoms with Crippen LogP contribution in [-0.4, -0.2) is 18.0 Å². The Labute approximate surface area is 183 Å². The molecule has 1 aliphatic rings. The van der Waals surface area contributed by atoms with Gasteiger partial charge in [0, 0.05) is 29.2 Å². The first-order valence-electron chi connectivity index (χ1n) is 9.28. The van der Waals surface area contributed by atoms with E-state index in [0.717, 1.165) is 22.8 Å². The van der Waals surface area contributed by atoms with Crippen molar-refractivity contribution in [3.63, 3.8) is 0 Å². The number of benzene rings is 3. The standard InChI is InChI=1S/C24H16Cl2F2N2/c25-19-5-1-15(2-6-19)24(16-3-7-20(26)8-4-16)30-13-18(14-30)23(12-29)17-9-21(27)11-22(28)10-17/h1-11,24H,13-14H2. The van der Waals surface area contributed by atoms with Crippen LogP contribution in [0, 0.1) is 23.0 Å². The van der Waals surface area contributed by atoms with E-state index in [0.29, 0.717) is 28.7 Å². The average Bonchev–Trinajstić information content (AvgIpc) is 2.68. The Morgan fingerprint density at radius 3 is 1.73 bits per heavy atom. The Morgan fingerprint density at radius 2 is 1.30 bits per heavy atom. The van der Waals surface area contributed by atoms with Crippen LogP contribution in [-0.2, 0) is 0 Å². The lowest BCUT2D eigenvalue weighted by atomic mass is 9.89. The van der Waals surface area contributed by atoms with Crippen LogP contribution in [0.2, 0.25) is 10.0 Å². The smallest absolute Gasteiger partial charge is 0.126 e. The Balaban J connectivity index is 1.67. The number of nitrogens with zero attached hydrogens (tertiary/aromatic N) is 2. The fraction of sp³-hybridized carbons (Fsp3) is 0.125. The molecule has 0 unspecified atom stereocenters. The minimum Gasteiger partial charge on any atom is -0.284 e. The molecule has 3 aromatic carbocycles. The zero-order valence-corrected chi connectivity index (χ0v) is 17.3. The summed E-state index contributed by atoms with van der Waals surface area (Å²) >= 11 is 12.1. The number of halogens is 4. The fourth-order valence-corrected chi connectivity index (χ4v) is 3.99. The summed E-state index contributed by atoms with van der Waals surface area (Å²) in [5.41, 5.74) is 3.53. The van der Waals surface area contributed by atoms with Crippen LogP contribution in [0.5, 0.6) is 0 Å². The summed E-state index contributed by atoms with van der Waals surface area (Å²) in [6, 6.07) is 20.5. The molecule has 4 rings (SSSR count). The molecule has 0 spiro atoms. The van der Waals surface area contributed by atoms with Crippen molar-refractivity contribution in [3.8, 4) is 6.07 Å². The van der Waals surface area contributed by atoms with Gasteiger partial charge in [0.15, 0.2) is 0 Å². The molecule has 0 aliphatic carbocycles. The maximum Gasteiger partial charge on any atom is 0.126 e. The van der Waals surface area contributed by atoms with Crippen molar-refractivity contribution in [2.45, 2.75) is 6.04 Å². The first-order valence-corrected chi connectivity index (χ1v) is 10.0. The summed E-state index contributed by atoms with van der Waals surface area (Å²) in [5, 5.41) is 10.9. The highest BCUT2D eigenvalue weighted by molar-refractivity contribution is 6.30. The summed E-state index contributed by atoms with van der Waals surface area (Å²) in [6.07, 6.45) is 0. The number of allylic oxidation sites excluding steroid dienone is 1. The number of hydrogen-bond donors (Lipinski definition) is 0. The number of rotatable bonds is 4. The van der Waals surface area contributed by atoms with Gasteiger partial charge >= 0.3 is 0 Å². The van der Waals surface area contributed by atoms with Crippen LogP contribution in [0.3, 0.4) is 0 Å². The Morgan fingerprint density at radius 1 is 0.833 bits per heavy atom. The van der Waals surface area contributed by atoms with E-state index in [9.17, 15) is 14.0 Å². The molecule has 6 heteroatoms. The van der Waals surface area contributed by atoms with Gasteiger partial charge in [-0.15, -0.1) is 0 Å². The van der Waals surface area contributed by atoms with Crippen LogP contribution in [0.1, 0.15) is 22.7 Å². The summed E-state index contributed by atoms with van der Waals surface area (Å²) < 4.78 is 27.2. The minimum atomic E-state index is -0.699. The molecule has 1 aliphatic heterocycles. The third kappa shape index (κ3) is 4.24. The molecular formula is C24H16Cl2F2N2. The number of likely N-dealkylation sites (tertiary alicyclic amines) is 1. The van der Waals surface area contributed by atoms with Gasteiger partial charge in [-0.2, -0.15) is 5.26 Å². The third-order valence-corrected chi connectivity index (χ3v) is 5.65. The van der Waals surface area contributed by atoms with E-state index < -0.39 is 11.6 Å². The van der Waals surface area contributed by atoms with Gasteiger partial charge in [0.25, 0.3) is 0 Å². The first-order chi connectivity index (χ1) is 14.4. The van der Waals surface area contributed by atoms with Crippen molar-refractivity contribution in [3.05, 3.63) is 111 Å². The molecule has 0 radical (unpaired) electrons. The SMILES string of the molecule is N#CC(=C1CN(C(c2ccc(Cl)cc2)c2ccc(Cl)cc2)C1)c1cc(F)cc(F)c1. The van der Waals surface area contributed by atoms with E-state index in [-0.39, 0.29) is 11.6 Å². The first kappa shape index (κ1) is 20.6. The molecule has 0 aromatic heterocycles. The molecular weight excluding hydrogens is 425 g/mol. The predicted molar refractivity (Wildman–Crippen MR) is 115 cm³/mol. The van der Waals surface area contributed by atoms with Crippen LogP contribution < -0.4 is 0 Å². The third-order valence-electron chi connectivity index (χ3n) is 5.14. The second kappa shape index (κ2) is 8.57. The highest BCUT2D eigenvalue weighted by Gasteiger charge is 2.32. The van der Waals surface area contributed by atoms with Crippen molar-refractivity contribution >= 4 is 28.8 Å². The van der Waals surface area contributed by atoms with E-state index in [1.165, 1.54) is 12.1 Å². The van der Waals surface area contributed by atoms with Gasteiger partial charge < -0.3 is 0 Å².